The van der Waals surface area contributed by atoms with Gasteiger partial charge in [0, 0.05) is 44.3 Å². The predicted molar refractivity (Wildman–Crippen MR) is 195 cm³/mol. The van der Waals surface area contributed by atoms with Crippen molar-refractivity contribution >= 4 is 23.9 Å². The van der Waals surface area contributed by atoms with Crippen molar-refractivity contribution in [3.8, 4) is 0 Å². The van der Waals surface area contributed by atoms with Crippen LogP contribution < -0.4 is 0 Å². The number of nitrogens with zero attached hydrogens (tertiary/aromatic N) is 1. The Balaban J connectivity index is 1.45. The molecule has 19 atom stereocenters. The second kappa shape index (κ2) is 13.6. The van der Waals surface area contributed by atoms with Crippen molar-refractivity contribution in [3.05, 3.63) is 0 Å². The van der Waals surface area contributed by atoms with Crippen molar-refractivity contribution in [2.24, 2.45) is 46.8 Å². The summed E-state index contributed by atoms with van der Waals surface area (Å²) in [6.07, 6.45) is -5.31. The summed E-state index contributed by atoms with van der Waals surface area (Å²) < 4.78 is 31.3. The van der Waals surface area contributed by atoms with E-state index in [2.05, 4.69) is 11.8 Å². The first-order chi connectivity index (χ1) is 26.0. The van der Waals surface area contributed by atoms with Gasteiger partial charge in [-0.05, 0) is 76.5 Å². The fourth-order valence-electron chi connectivity index (χ4n) is 13.1. The van der Waals surface area contributed by atoms with Crippen LogP contribution in [0.1, 0.15) is 107 Å². The Morgan fingerprint density at radius 2 is 1.55 bits per heavy atom. The van der Waals surface area contributed by atoms with Crippen LogP contribution in [0, 0.1) is 46.8 Å². The van der Waals surface area contributed by atoms with E-state index in [1.54, 1.807) is 20.8 Å². The van der Waals surface area contributed by atoms with Crippen molar-refractivity contribution in [1.82, 2.24) is 4.90 Å². The third-order valence-corrected chi connectivity index (χ3v) is 16.0. The minimum atomic E-state index is -2.38. The van der Waals surface area contributed by atoms with Gasteiger partial charge in [0.1, 0.15) is 17.8 Å². The smallest absolute Gasteiger partial charge is 0.338 e. The van der Waals surface area contributed by atoms with Crippen LogP contribution in [0.2, 0.25) is 0 Å². The van der Waals surface area contributed by atoms with E-state index in [0.29, 0.717) is 31.8 Å². The Bertz CT molecular complexity index is 1620. The number of hydrogen-bond acceptors (Lipinski definition) is 15. The number of fused-ring (bicyclic) bond motifs is 5. The van der Waals surface area contributed by atoms with E-state index in [1.165, 1.54) is 20.8 Å². The Hall–Kier alpha value is -2.40. The molecule has 3 aliphatic heterocycles. The number of aliphatic hydroxyl groups excluding tert-OH is 1. The number of esters is 4. The fraction of sp³-hybridized carbons (Fsp3) is 0.902. The van der Waals surface area contributed by atoms with Gasteiger partial charge in [0.2, 0.25) is 5.79 Å². The standard InChI is InChI=1S/C41H63NO14/c1-10-20(4)34(46)55-33-28(45)27-23(18-42-17-19(3)12-13-25(42)38(27,9)49)24-16-39-32(40(24,33)50)30(53-22(6)44)29(52-21(5)43)31-36(39,7)15-14-26(41(31,51)56-39)54-35(47)37(8,48)11-2/h19-20,23-33,45,48-51H,10-18H2,1-9H3/t19?,20?,23?,24?,25?,26?,27?,28-,29?,30?,31?,32?,33+,36+,37?,38?,39+,40+,41-/m1/s1. The first-order valence-electron chi connectivity index (χ1n) is 20.7. The summed E-state index contributed by atoms with van der Waals surface area (Å²) in [5.74, 6) is -10.8. The van der Waals surface area contributed by atoms with Gasteiger partial charge in [0.25, 0.3) is 0 Å². The summed E-state index contributed by atoms with van der Waals surface area (Å²) in [6, 6.07) is -0.309. The van der Waals surface area contributed by atoms with Crippen molar-refractivity contribution in [2.75, 3.05) is 13.1 Å². The Morgan fingerprint density at radius 1 is 0.929 bits per heavy atom. The first kappa shape index (κ1) is 41.7. The molecule has 1 spiro atoms. The zero-order valence-corrected chi connectivity index (χ0v) is 34.2. The highest BCUT2D eigenvalue weighted by molar-refractivity contribution is 5.79. The third-order valence-electron chi connectivity index (χ3n) is 16.0. The molecule has 7 aliphatic rings. The molecule has 4 bridgehead atoms. The van der Waals surface area contributed by atoms with Gasteiger partial charge in [-0.1, -0.05) is 34.6 Å². The zero-order valence-electron chi connectivity index (χ0n) is 34.2. The van der Waals surface area contributed by atoms with E-state index >= 15 is 0 Å². The monoisotopic (exact) mass is 793 g/mol. The summed E-state index contributed by atoms with van der Waals surface area (Å²) in [4.78, 5) is 55.6. The van der Waals surface area contributed by atoms with E-state index in [9.17, 15) is 44.7 Å². The van der Waals surface area contributed by atoms with Crippen LogP contribution in [0.5, 0.6) is 0 Å². The Labute approximate surface area is 328 Å². The predicted octanol–water partition coefficient (Wildman–Crippen LogP) is 1.61. The zero-order chi connectivity index (χ0) is 41.3. The number of ether oxygens (including phenoxy) is 5. The van der Waals surface area contributed by atoms with E-state index in [-0.39, 0.29) is 31.7 Å². The molecule has 0 amide bonds. The van der Waals surface area contributed by atoms with Gasteiger partial charge in [-0.2, -0.15) is 0 Å². The van der Waals surface area contributed by atoms with Crippen LogP contribution in [0.25, 0.3) is 0 Å². The summed E-state index contributed by atoms with van der Waals surface area (Å²) in [7, 11) is 0. The molecule has 0 radical (unpaired) electrons. The van der Waals surface area contributed by atoms with Crippen LogP contribution in [-0.2, 0) is 42.9 Å². The van der Waals surface area contributed by atoms with E-state index in [0.717, 1.165) is 6.42 Å². The lowest BCUT2D eigenvalue weighted by atomic mass is 9.48. The molecule has 4 saturated carbocycles. The quantitative estimate of drug-likeness (QED) is 0.174. The lowest BCUT2D eigenvalue weighted by molar-refractivity contribution is -0.301. The van der Waals surface area contributed by atoms with Crippen molar-refractivity contribution < 1.29 is 68.4 Å². The molecule has 0 aromatic heterocycles. The molecule has 0 aromatic rings. The molecule has 7 fully saturated rings. The maximum absolute atomic E-state index is 13.9. The third kappa shape index (κ3) is 5.60. The van der Waals surface area contributed by atoms with Crippen LogP contribution in [0.15, 0.2) is 0 Å². The molecule has 15 heteroatoms. The largest absolute Gasteiger partial charge is 0.458 e. The second-order valence-corrected chi connectivity index (χ2v) is 19.2. The molecule has 13 unspecified atom stereocenters. The van der Waals surface area contributed by atoms with Crippen molar-refractivity contribution in [1.29, 1.82) is 0 Å². The molecule has 316 valence electrons. The highest BCUT2D eigenvalue weighted by atomic mass is 16.7. The number of aliphatic hydroxyl groups is 5. The molecule has 5 N–H and O–H groups in total. The molecule has 3 saturated heterocycles. The van der Waals surface area contributed by atoms with Crippen LogP contribution in [-0.4, -0.2) is 132 Å². The topological polar surface area (TPSA) is 219 Å². The average Bonchev–Trinajstić information content (AvgIpc) is 3.40. The van der Waals surface area contributed by atoms with E-state index in [4.69, 9.17) is 23.7 Å². The van der Waals surface area contributed by atoms with Crippen LogP contribution in [0.4, 0.5) is 0 Å². The number of carbonyl (C=O) groups excluding carboxylic acids is 4. The fourth-order valence-corrected chi connectivity index (χ4v) is 13.1. The molecular weight excluding hydrogens is 730 g/mol. The minimum absolute atomic E-state index is 0.0107. The first-order valence-corrected chi connectivity index (χ1v) is 20.7. The molecular formula is C41H63NO14. The second-order valence-electron chi connectivity index (χ2n) is 19.2. The summed E-state index contributed by atoms with van der Waals surface area (Å²) >= 11 is 0. The highest BCUT2D eigenvalue weighted by Gasteiger charge is 2.90. The molecule has 15 nitrogen and oxygen atoms in total. The van der Waals surface area contributed by atoms with Gasteiger partial charge in [-0.3, -0.25) is 19.3 Å². The van der Waals surface area contributed by atoms with Gasteiger partial charge in [-0.15, -0.1) is 0 Å². The average molecular weight is 794 g/mol. The van der Waals surface area contributed by atoms with Gasteiger partial charge in [0.15, 0.2) is 17.8 Å². The molecule has 0 aromatic carbocycles. The van der Waals surface area contributed by atoms with Gasteiger partial charge in [0.05, 0.1) is 35.1 Å². The number of rotatable bonds is 8. The lowest BCUT2D eigenvalue weighted by Crippen LogP contribution is -2.78. The SMILES string of the molecule is CCC(C)C(=O)O[C@H]1[C@H](O)C2C(CN3CC(C)CCC3C2(C)O)C2C[C@@]34O[C@]5(O)C(OC(=O)C(C)(O)CC)CC[C@@]3(C)C5C(OC(C)=O)C(OC(C)=O)C4[C@@]21O. The molecule has 3 heterocycles. The summed E-state index contributed by atoms with van der Waals surface area (Å²) in [6.45, 7) is 15.5. The van der Waals surface area contributed by atoms with Gasteiger partial charge in [-0.25, -0.2) is 4.79 Å². The molecule has 4 aliphatic carbocycles. The van der Waals surface area contributed by atoms with Crippen molar-refractivity contribution in [3.63, 3.8) is 0 Å². The molecule has 7 rings (SSSR count). The lowest BCUT2D eigenvalue weighted by Gasteiger charge is -2.64. The highest BCUT2D eigenvalue weighted by Crippen LogP contribution is 2.78. The number of carbonyl (C=O) groups is 4. The Kier molecular flexibility index (Phi) is 10.1. The summed E-state index contributed by atoms with van der Waals surface area (Å²) in [5.41, 5.74) is -8.37. The number of hydrogen-bond donors (Lipinski definition) is 5. The van der Waals surface area contributed by atoms with E-state index < -0.39 is 124 Å². The van der Waals surface area contributed by atoms with Gasteiger partial charge >= 0.3 is 23.9 Å². The van der Waals surface area contributed by atoms with Crippen LogP contribution in [0.3, 0.4) is 0 Å². The molecule has 56 heavy (non-hydrogen) atoms. The number of piperidine rings is 2. The van der Waals surface area contributed by atoms with Crippen LogP contribution >= 0.6 is 0 Å². The minimum Gasteiger partial charge on any atom is -0.458 e. The summed E-state index contributed by atoms with van der Waals surface area (Å²) in [5, 5.41) is 62.9. The maximum atomic E-state index is 13.9. The van der Waals surface area contributed by atoms with Gasteiger partial charge < -0.3 is 49.2 Å². The Morgan fingerprint density at radius 3 is 2.14 bits per heavy atom. The maximum Gasteiger partial charge on any atom is 0.338 e. The van der Waals surface area contributed by atoms with E-state index in [1.807, 2.05) is 13.8 Å². The normalized spacial score (nSPS) is 50.5. The van der Waals surface area contributed by atoms with Crippen molar-refractivity contribution in [2.45, 2.75) is 172 Å².